The molecule has 0 nitrogen and oxygen atoms in total. The number of hydrogen-bond donors (Lipinski definition) is 0. The van der Waals surface area contributed by atoms with Crippen molar-refractivity contribution in [3.8, 4) is 11.1 Å². The van der Waals surface area contributed by atoms with Crippen molar-refractivity contribution in [1.29, 1.82) is 0 Å². The number of rotatable bonds is 4. The van der Waals surface area contributed by atoms with E-state index < -0.39 is 17.5 Å². The average molecular weight is 326 g/mol. The van der Waals surface area contributed by atoms with Gasteiger partial charge in [-0.2, -0.15) is 0 Å². The topological polar surface area (TPSA) is 0 Å². The van der Waals surface area contributed by atoms with Gasteiger partial charge in [-0.3, -0.25) is 0 Å². The number of halogens is 3. The van der Waals surface area contributed by atoms with Crippen LogP contribution in [0.2, 0.25) is 0 Å². The van der Waals surface area contributed by atoms with Gasteiger partial charge < -0.3 is 0 Å². The van der Waals surface area contributed by atoms with Crippen molar-refractivity contribution in [3.05, 3.63) is 83.7 Å². The van der Waals surface area contributed by atoms with Gasteiger partial charge in [0, 0.05) is 5.39 Å². The molecular weight excluding hydrogens is 309 g/mol. The van der Waals surface area contributed by atoms with Crippen LogP contribution in [0.3, 0.4) is 0 Å². The Labute approximate surface area is 139 Å². The van der Waals surface area contributed by atoms with Crippen molar-refractivity contribution in [2.75, 3.05) is 0 Å². The number of hydrogen-bond acceptors (Lipinski definition) is 0. The second kappa shape index (κ2) is 6.91. The Kier molecular flexibility index (Phi) is 4.70. The maximum absolute atomic E-state index is 13.8. The molecule has 0 aliphatic heterocycles. The lowest BCUT2D eigenvalue weighted by Crippen LogP contribution is -1.92. The van der Waals surface area contributed by atoms with Gasteiger partial charge in [-0.05, 0) is 54.0 Å². The van der Waals surface area contributed by atoms with Crippen molar-refractivity contribution >= 4 is 10.8 Å². The first kappa shape index (κ1) is 16.3. The highest BCUT2D eigenvalue weighted by molar-refractivity contribution is 5.88. The minimum absolute atomic E-state index is 0.0839. The van der Waals surface area contributed by atoms with E-state index in [1.54, 1.807) is 12.1 Å². The van der Waals surface area contributed by atoms with E-state index in [4.69, 9.17) is 0 Å². The van der Waals surface area contributed by atoms with Gasteiger partial charge in [0.15, 0.2) is 17.5 Å². The fraction of sp³-hybridized carbons (Fsp3) is 0.143. The van der Waals surface area contributed by atoms with Crippen LogP contribution in [0.25, 0.3) is 21.9 Å². The molecule has 3 aromatic carbocycles. The van der Waals surface area contributed by atoms with Gasteiger partial charge in [-0.1, -0.05) is 48.6 Å². The molecular formula is C21H17F3. The smallest absolute Gasteiger partial charge is 0.195 e. The first-order chi connectivity index (χ1) is 11.6. The van der Waals surface area contributed by atoms with Crippen molar-refractivity contribution in [2.45, 2.75) is 19.8 Å². The van der Waals surface area contributed by atoms with Crippen LogP contribution >= 0.6 is 0 Å². The first-order valence-electron chi connectivity index (χ1n) is 7.88. The fourth-order valence-corrected chi connectivity index (χ4v) is 2.77. The Morgan fingerprint density at radius 3 is 2.25 bits per heavy atom. The molecule has 0 fully saturated rings. The van der Waals surface area contributed by atoms with E-state index in [0.717, 1.165) is 30.0 Å². The van der Waals surface area contributed by atoms with Crippen LogP contribution in [0.1, 0.15) is 18.9 Å². The van der Waals surface area contributed by atoms with Crippen LogP contribution in [0.4, 0.5) is 13.2 Å². The van der Waals surface area contributed by atoms with Gasteiger partial charge in [0.2, 0.25) is 0 Å². The molecule has 0 saturated carbocycles. The van der Waals surface area contributed by atoms with Gasteiger partial charge in [0.05, 0.1) is 0 Å². The molecule has 0 unspecified atom stereocenters. The number of allylic oxidation sites excluding steroid dienone is 2. The zero-order valence-electron chi connectivity index (χ0n) is 13.3. The summed E-state index contributed by atoms with van der Waals surface area (Å²) in [7, 11) is 0. The third kappa shape index (κ3) is 3.21. The molecule has 0 atom stereocenters. The lowest BCUT2D eigenvalue weighted by atomic mass is 9.99. The summed E-state index contributed by atoms with van der Waals surface area (Å²) in [5.74, 6) is -3.74. The second-order valence-corrected chi connectivity index (χ2v) is 5.73. The second-order valence-electron chi connectivity index (χ2n) is 5.73. The van der Waals surface area contributed by atoms with Gasteiger partial charge in [0.1, 0.15) is 0 Å². The van der Waals surface area contributed by atoms with E-state index in [1.807, 2.05) is 25.1 Å². The number of aryl methyl sites for hydroxylation is 1. The molecule has 0 spiro atoms. The van der Waals surface area contributed by atoms with Crippen molar-refractivity contribution in [2.24, 2.45) is 0 Å². The Balaban J connectivity index is 1.93. The normalized spacial score (nSPS) is 11.5. The molecule has 122 valence electrons. The van der Waals surface area contributed by atoms with E-state index >= 15 is 0 Å². The zero-order valence-corrected chi connectivity index (χ0v) is 13.3. The molecule has 0 radical (unpaired) electrons. The Morgan fingerprint density at radius 1 is 0.833 bits per heavy atom. The SMILES string of the molecule is CC=CCCc1ccc(-c2ccc3c(F)c(F)c(F)cc3c2)cc1. The van der Waals surface area contributed by atoms with E-state index in [2.05, 4.69) is 18.2 Å². The number of benzene rings is 3. The summed E-state index contributed by atoms with van der Waals surface area (Å²) in [5, 5.41) is 0.432. The molecule has 3 heteroatoms. The summed E-state index contributed by atoms with van der Waals surface area (Å²) in [5.41, 5.74) is 3.03. The lowest BCUT2D eigenvalue weighted by Gasteiger charge is -2.07. The van der Waals surface area contributed by atoms with E-state index in [1.165, 1.54) is 11.6 Å². The Hall–Kier alpha value is -2.55. The summed E-state index contributed by atoms with van der Waals surface area (Å²) < 4.78 is 40.5. The summed E-state index contributed by atoms with van der Waals surface area (Å²) in [6, 6.07) is 14.0. The summed E-state index contributed by atoms with van der Waals surface area (Å²) in [6.07, 6.45) is 6.12. The predicted octanol–water partition coefficient (Wildman–Crippen LogP) is 6.43. The van der Waals surface area contributed by atoms with E-state index in [9.17, 15) is 13.2 Å². The molecule has 0 heterocycles. The van der Waals surface area contributed by atoms with Gasteiger partial charge >= 0.3 is 0 Å². The minimum Gasteiger partial charge on any atom is -0.204 e. The van der Waals surface area contributed by atoms with Crippen molar-refractivity contribution in [1.82, 2.24) is 0 Å². The molecule has 24 heavy (non-hydrogen) atoms. The molecule has 0 bridgehead atoms. The van der Waals surface area contributed by atoms with Crippen LogP contribution in [0.5, 0.6) is 0 Å². The molecule has 0 N–H and O–H groups in total. The molecule has 3 aromatic rings. The summed E-state index contributed by atoms with van der Waals surface area (Å²) in [4.78, 5) is 0. The van der Waals surface area contributed by atoms with Gasteiger partial charge in [0.25, 0.3) is 0 Å². The largest absolute Gasteiger partial charge is 0.204 e. The minimum atomic E-state index is -1.43. The third-order valence-corrected chi connectivity index (χ3v) is 4.10. The third-order valence-electron chi connectivity index (χ3n) is 4.10. The quantitative estimate of drug-likeness (QED) is 0.383. The average Bonchev–Trinajstić information content (AvgIpc) is 2.60. The van der Waals surface area contributed by atoms with Gasteiger partial charge in [-0.15, -0.1) is 0 Å². The van der Waals surface area contributed by atoms with Crippen LogP contribution in [0.15, 0.2) is 60.7 Å². The Bertz CT molecular complexity index is 893. The van der Waals surface area contributed by atoms with Crippen molar-refractivity contribution in [3.63, 3.8) is 0 Å². The standard InChI is InChI=1S/C21H17F3/c1-2-3-4-5-14-6-8-15(9-7-14)16-10-11-18-17(12-16)13-19(22)21(24)20(18)23/h2-3,6-13H,4-5H2,1H3. The van der Waals surface area contributed by atoms with E-state index in [-0.39, 0.29) is 5.39 Å². The zero-order chi connectivity index (χ0) is 17.1. The highest BCUT2D eigenvalue weighted by Crippen LogP contribution is 2.28. The molecule has 3 rings (SSSR count). The summed E-state index contributed by atoms with van der Waals surface area (Å²) >= 11 is 0. The molecule has 0 amide bonds. The summed E-state index contributed by atoms with van der Waals surface area (Å²) in [6.45, 7) is 2.00. The van der Waals surface area contributed by atoms with Crippen LogP contribution in [0, 0.1) is 17.5 Å². The lowest BCUT2D eigenvalue weighted by molar-refractivity contribution is 0.453. The maximum atomic E-state index is 13.8. The van der Waals surface area contributed by atoms with Crippen LogP contribution in [-0.2, 0) is 6.42 Å². The van der Waals surface area contributed by atoms with Crippen molar-refractivity contribution < 1.29 is 13.2 Å². The predicted molar refractivity (Wildman–Crippen MR) is 92.4 cm³/mol. The maximum Gasteiger partial charge on any atom is 0.195 e. The van der Waals surface area contributed by atoms with E-state index in [0.29, 0.717) is 5.39 Å². The molecule has 0 aliphatic rings. The Morgan fingerprint density at radius 2 is 1.54 bits per heavy atom. The number of fused-ring (bicyclic) bond motifs is 1. The fourth-order valence-electron chi connectivity index (χ4n) is 2.77. The highest BCUT2D eigenvalue weighted by atomic mass is 19.2. The molecule has 0 aromatic heterocycles. The van der Waals surface area contributed by atoms with Gasteiger partial charge in [-0.25, -0.2) is 13.2 Å². The molecule has 0 aliphatic carbocycles. The van der Waals surface area contributed by atoms with Crippen LogP contribution in [-0.4, -0.2) is 0 Å². The molecule has 0 saturated heterocycles. The monoisotopic (exact) mass is 326 g/mol. The van der Waals surface area contributed by atoms with Crippen LogP contribution < -0.4 is 0 Å². The highest BCUT2D eigenvalue weighted by Gasteiger charge is 2.13. The first-order valence-corrected chi connectivity index (χ1v) is 7.88.